The minimum atomic E-state index is -0.998. The Morgan fingerprint density at radius 1 is 1.09 bits per heavy atom. The molecule has 3 heterocycles. The van der Waals surface area contributed by atoms with Gasteiger partial charge < -0.3 is 15.7 Å². The van der Waals surface area contributed by atoms with Crippen molar-refractivity contribution in [2.75, 3.05) is 5.32 Å². The summed E-state index contributed by atoms with van der Waals surface area (Å²) in [7, 11) is 0. The van der Waals surface area contributed by atoms with Crippen LogP contribution in [0.4, 0.5) is 16.3 Å². The van der Waals surface area contributed by atoms with Crippen LogP contribution in [-0.2, 0) is 5.54 Å². The van der Waals surface area contributed by atoms with Crippen LogP contribution >= 0.6 is 15.9 Å². The Labute approximate surface area is 197 Å². The molecule has 4 aromatic rings. The van der Waals surface area contributed by atoms with Crippen molar-refractivity contribution in [3.63, 3.8) is 0 Å². The van der Waals surface area contributed by atoms with E-state index in [9.17, 15) is 9.90 Å². The van der Waals surface area contributed by atoms with Gasteiger partial charge in [-0.3, -0.25) is 4.57 Å². The first-order chi connectivity index (χ1) is 16.0. The third kappa shape index (κ3) is 3.19. The van der Waals surface area contributed by atoms with Gasteiger partial charge in [0.2, 0.25) is 0 Å². The first-order valence-electron chi connectivity index (χ1n) is 10.6. The van der Waals surface area contributed by atoms with Crippen molar-refractivity contribution < 1.29 is 9.90 Å². The van der Waals surface area contributed by atoms with E-state index in [4.69, 9.17) is 0 Å². The number of rotatable bonds is 3. The van der Waals surface area contributed by atoms with Crippen LogP contribution in [0.2, 0.25) is 0 Å². The molecule has 2 aliphatic rings. The number of amides is 1. The van der Waals surface area contributed by atoms with E-state index < -0.39 is 11.6 Å². The van der Waals surface area contributed by atoms with E-state index in [1.54, 1.807) is 6.20 Å². The average molecular weight is 503 g/mol. The molecule has 6 rings (SSSR count). The van der Waals surface area contributed by atoms with Gasteiger partial charge in [0.25, 0.3) is 0 Å². The molecule has 1 aliphatic heterocycles. The van der Waals surface area contributed by atoms with E-state index in [1.807, 2.05) is 59.2 Å². The smallest absolute Gasteiger partial charge is 0.405 e. The first kappa shape index (κ1) is 19.9. The van der Waals surface area contributed by atoms with Crippen LogP contribution in [-0.4, -0.2) is 30.9 Å². The Hall–Kier alpha value is -3.72. The molecule has 1 amide bonds. The molecular weight excluding hydrogens is 484 g/mol. The van der Waals surface area contributed by atoms with Crippen molar-refractivity contribution in [2.45, 2.75) is 24.8 Å². The third-order valence-electron chi connectivity index (χ3n) is 6.41. The molecule has 3 N–H and O–H groups in total. The van der Waals surface area contributed by atoms with Gasteiger partial charge in [0, 0.05) is 21.8 Å². The van der Waals surface area contributed by atoms with E-state index in [0.717, 1.165) is 57.6 Å². The van der Waals surface area contributed by atoms with Gasteiger partial charge >= 0.3 is 6.09 Å². The van der Waals surface area contributed by atoms with Crippen LogP contribution in [0, 0.1) is 0 Å². The van der Waals surface area contributed by atoms with Gasteiger partial charge in [0.05, 0.1) is 16.9 Å². The number of hydrogen-bond donors (Lipinski definition) is 3. The van der Waals surface area contributed by atoms with Crippen molar-refractivity contribution in [2.24, 2.45) is 0 Å². The molecular formula is C24H19BrN6O2. The molecule has 0 spiro atoms. The highest BCUT2D eigenvalue weighted by Gasteiger charge is 2.40. The molecule has 0 saturated heterocycles. The minimum absolute atomic E-state index is 0.504. The molecule has 164 valence electrons. The zero-order valence-corrected chi connectivity index (χ0v) is 19.0. The highest BCUT2D eigenvalue weighted by Crippen LogP contribution is 2.43. The first-order valence-corrected chi connectivity index (χ1v) is 11.4. The van der Waals surface area contributed by atoms with Gasteiger partial charge in [-0.25, -0.2) is 9.78 Å². The normalized spacial score (nSPS) is 15.2. The minimum Gasteiger partial charge on any atom is -0.465 e. The van der Waals surface area contributed by atoms with Gasteiger partial charge in [-0.05, 0) is 59.0 Å². The van der Waals surface area contributed by atoms with Gasteiger partial charge in [0.15, 0.2) is 17.5 Å². The van der Waals surface area contributed by atoms with Crippen molar-refractivity contribution in [1.82, 2.24) is 25.1 Å². The number of aromatic nitrogens is 4. The molecule has 0 bridgehead atoms. The predicted molar refractivity (Wildman–Crippen MR) is 128 cm³/mol. The Kier molecular flexibility index (Phi) is 4.48. The maximum absolute atomic E-state index is 11.3. The maximum Gasteiger partial charge on any atom is 0.405 e. The fourth-order valence-corrected chi connectivity index (χ4v) is 4.96. The van der Waals surface area contributed by atoms with E-state index in [1.165, 1.54) is 0 Å². The number of halogens is 1. The lowest BCUT2D eigenvalue weighted by molar-refractivity contribution is 0.144. The van der Waals surface area contributed by atoms with Crippen LogP contribution in [0.15, 0.2) is 65.3 Å². The summed E-state index contributed by atoms with van der Waals surface area (Å²) >= 11 is 3.54. The number of carbonyl (C=O) groups is 1. The zero-order chi connectivity index (χ0) is 22.6. The lowest BCUT2D eigenvalue weighted by Gasteiger charge is -2.42. The number of hydrogen-bond acceptors (Lipinski definition) is 5. The molecule has 33 heavy (non-hydrogen) atoms. The van der Waals surface area contributed by atoms with Crippen LogP contribution in [0.25, 0.3) is 28.5 Å². The molecule has 9 heteroatoms. The highest BCUT2D eigenvalue weighted by atomic mass is 79.9. The standard InChI is InChI=1S/C24H19BrN6O2/c25-16-12-19-20(26-13-16)27-18-5-2-1-4-17(18)22-30-29-21(31(19)22)14-6-8-15(9-7-14)24(10-3-11-24)28-23(32)33/h1-2,4-9,12-13,28H,3,10-11H2,(H,26,27)(H,32,33). The molecule has 8 nitrogen and oxygen atoms in total. The molecule has 0 atom stereocenters. The van der Waals surface area contributed by atoms with Gasteiger partial charge in [-0.2, -0.15) is 0 Å². The SMILES string of the molecule is O=C(O)NC1(c2ccc(-c3nnc4n3-c3cc(Br)cnc3Nc3ccccc3-4)cc2)CCC1. The van der Waals surface area contributed by atoms with Crippen LogP contribution in [0.5, 0.6) is 0 Å². The number of carboxylic acid groups (broad SMARTS) is 1. The summed E-state index contributed by atoms with van der Waals surface area (Å²) in [6.45, 7) is 0. The number of benzene rings is 2. The predicted octanol–water partition coefficient (Wildman–Crippen LogP) is 5.46. The Bertz CT molecular complexity index is 1390. The summed E-state index contributed by atoms with van der Waals surface area (Å²) in [5.41, 5.74) is 4.02. The third-order valence-corrected chi connectivity index (χ3v) is 6.84. The number of nitrogens with zero attached hydrogens (tertiary/aromatic N) is 4. The summed E-state index contributed by atoms with van der Waals surface area (Å²) in [6.07, 6.45) is 3.36. The van der Waals surface area contributed by atoms with Gasteiger partial charge in [-0.15, -0.1) is 10.2 Å². The largest absolute Gasteiger partial charge is 0.465 e. The lowest BCUT2D eigenvalue weighted by atomic mass is 9.72. The molecule has 0 unspecified atom stereocenters. The summed E-state index contributed by atoms with van der Waals surface area (Å²) in [5.74, 6) is 2.12. The van der Waals surface area contributed by atoms with Crippen LogP contribution in [0.1, 0.15) is 24.8 Å². The number of anilines is 2. The van der Waals surface area contributed by atoms with Crippen LogP contribution < -0.4 is 10.6 Å². The molecule has 2 aromatic carbocycles. The van der Waals surface area contributed by atoms with Crippen molar-refractivity contribution in [3.05, 3.63) is 70.8 Å². The summed E-state index contributed by atoms with van der Waals surface area (Å²) in [6, 6.07) is 17.9. The fourth-order valence-electron chi connectivity index (χ4n) is 4.64. The van der Waals surface area contributed by atoms with Crippen molar-refractivity contribution >= 4 is 33.5 Å². The topological polar surface area (TPSA) is 105 Å². The Morgan fingerprint density at radius 2 is 1.85 bits per heavy atom. The van der Waals surface area contributed by atoms with Gasteiger partial charge in [-0.1, -0.05) is 36.4 Å². The van der Waals surface area contributed by atoms with E-state index in [-0.39, 0.29) is 0 Å². The maximum atomic E-state index is 11.3. The monoisotopic (exact) mass is 502 g/mol. The van der Waals surface area contributed by atoms with Crippen LogP contribution in [0.3, 0.4) is 0 Å². The summed E-state index contributed by atoms with van der Waals surface area (Å²) < 4.78 is 2.86. The average Bonchev–Trinajstić information content (AvgIpc) is 3.17. The molecule has 1 saturated carbocycles. The summed E-state index contributed by atoms with van der Waals surface area (Å²) in [5, 5.41) is 24.5. The number of para-hydroxylation sites is 1. The summed E-state index contributed by atoms with van der Waals surface area (Å²) in [4.78, 5) is 15.9. The van der Waals surface area contributed by atoms with E-state index >= 15 is 0 Å². The van der Waals surface area contributed by atoms with Gasteiger partial charge in [0.1, 0.15) is 0 Å². The number of fused-ring (bicyclic) bond motifs is 5. The number of nitrogens with one attached hydrogen (secondary N) is 2. The fraction of sp³-hybridized carbons (Fsp3) is 0.167. The zero-order valence-electron chi connectivity index (χ0n) is 17.4. The second-order valence-electron chi connectivity index (χ2n) is 8.32. The molecule has 1 fully saturated rings. The van der Waals surface area contributed by atoms with E-state index in [0.29, 0.717) is 11.6 Å². The van der Waals surface area contributed by atoms with E-state index in [2.05, 4.69) is 41.7 Å². The Balaban J connectivity index is 1.49. The second-order valence-corrected chi connectivity index (χ2v) is 9.23. The number of pyridine rings is 1. The second kappa shape index (κ2) is 7.41. The molecule has 1 aliphatic carbocycles. The van der Waals surface area contributed by atoms with Crippen molar-refractivity contribution in [3.8, 4) is 28.5 Å². The quantitative estimate of drug-likeness (QED) is 0.302. The Morgan fingerprint density at radius 3 is 2.58 bits per heavy atom. The highest BCUT2D eigenvalue weighted by molar-refractivity contribution is 9.10. The lowest BCUT2D eigenvalue weighted by Crippen LogP contribution is -2.50. The molecule has 2 aromatic heterocycles. The molecule has 0 radical (unpaired) electrons. The van der Waals surface area contributed by atoms with Crippen molar-refractivity contribution in [1.29, 1.82) is 0 Å².